The van der Waals surface area contributed by atoms with E-state index in [1.54, 1.807) is 0 Å². The molecule has 0 saturated carbocycles. The van der Waals surface area contributed by atoms with Gasteiger partial charge in [-0.1, -0.05) is 30.2 Å². The minimum atomic E-state index is 0.629. The van der Waals surface area contributed by atoms with Crippen molar-refractivity contribution >= 4 is 11.8 Å². The summed E-state index contributed by atoms with van der Waals surface area (Å²) in [7, 11) is 0. The van der Waals surface area contributed by atoms with E-state index in [0.29, 0.717) is 6.04 Å². The van der Waals surface area contributed by atoms with Crippen LogP contribution < -0.4 is 5.32 Å². The van der Waals surface area contributed by atoms with E-state index < -0.39 is 0 Å². The SMILES string of the molecule is C#CCSCCNC1Cc2ccccc2C1. The molecule has 0 radical (unpaired) electrons. The lowest BCUT2D eigenvalue weighted by molar-refractivity contribution is 0.554. The second-order valence-corrected chi connectivity index (χ2v) is 5.19. The lowest BCUT2D eigenvalue weighted by atomic mass is 10.1. The zero-order valence-electron chi connectivity index (χ0n) is 9.41. The van der Waals surface area contributed by atoms with Crippen molar-refractivity contribution in [3.63, 3.8) is 0 Å². The third kappa shape index (κ3) is 3.04. The van der Waals surface area contributed by atoms with Crippen LogP contribution in [0, 0.1) is 12.3 Å². The highest BCUT2D eigenvalue weighted by Gasteiger charge is 2.19. The van der Waals surface area contributed by atoms with E-state index in [1.807, 2.05) is 11.8 Å². The van der Waals surface area contributed by atoms with Gasteiger partial charge in [-0.25, -0.2) is 0 Å². The van der Waals surface area contributed by atoms with Gasteiger partial charge >= 0.3 is 0 Å². The van der Waals surface area contributed by atoms with E-state index in [2.05, 4.69) is 35.5 Å². The van der Waals surface area contributed by atoms with Crippen molar-refractivity contribution < 1.29 is 0 Å². The minimum Gasteiger partial charge on any atom is -0.312 e. The van der Waals surface area contributed by atoms with Crippen LogP contribution in [0.1, 0.15) is 11.1 Å². The lowest BCUT2D eigenvalue weighted by Gasteiger charge is -2.10. The number of nitrogens with one attached hydrogen (secondary N) is 1. The van der Waals surface area contributed by atoms with Gasteiger partial charge in [-0.05, 0) is 24.0 Å². The maximum absolute atomic E-state index is 5.20. The van der Waals surface area contributed by atoms with Crippen molar-refractivity contribution in [1.29, 1.82) is 0 Å². The fourth-order valence-corrected chi connectivity index (χ4v) is 2.69. The van der Waals surface area contributed by atoms with E-state index in [1.165, 1.54) is 24.0 Å². The number of hydrogen-bond donors (Lipinski definition) is 1. The smallest absolute Gasteiger partial charge is 0.0545 e. The lowest BCUT2D eigenvalue weighted by Crippen LogP contribution is -2.31. The van der Waals surface area contributed by atoms with Crippen molar-refractivity contribution in [2.24, 2.45) is 0 Å². The Kier molecular flexibility index (Phi) is 4.33. The number of fused-ring (bicyclic) bond motifs is 1. The van der Waals surface area contributed by atoms with Gasteiger partial charge in [-0.15, -0.1) is 18.2 Å². The minimum absolute atomic E-state index is 0.629. The predicted octanol–water partition coefficient (Wildman–Crippen LogP) is 2.11. The molecule has 0 heterocycles. The largest absolute Gasteiger partial charge is 0.312 e. The molecule has 0 aromatic heterocycles. The topological polar surface area (TPSA) is 12.0 Å². The number of rotatable bonds is 5. The molecule has 0 amide bonds. The average molecular weight is 231 g/mol. The van der Waals surface area contributed by atoms with E-state index in [-0.39, 0.29) is 0 Å². The summed E-state index contributed by atoms with van der Waals surface area (Å²) in [6.07, 6.45) is 7.55. The molecule has 1 aliphatic rings. The molecular weight excluding hydrogens is 214 g/mol. The summed E-state index contributed by atoms with van der Waals surface area (Å²) in [4.78, 5) is 0. The van der Waals surface area contributed by atoms with Crippen LogP contribution in [-0.4, -0.2) is 24.1 Å². The second kappa shape index (κ2) is 5.98. The molecule has 1 aliphatic carbocycles. The highest BCUT2D eigenvalue weighted by atomic mass is 32.2. The first kappa shape index (κ1) is 11.6. The summed E-state index contributed by atoms with van der Waals surface area (Å²) in [5, 5.41) is 3.60. The van der Waals surface area contributed by atoms with Crippen LogP contribution in [0.4, 0.5) is 0 Å². The van der Waals surface area contributed by atoms with Crippen LogP contribution in [0.3, 0.4) is 0 Å². The summed E-state index contributed by atoms with van der Waals surface area (Å²) in [6.45, 7) is 1.06. The second-order valence-electron chi connectivity index (χ2n) is 4.08. The van der Waals surface area contributed by atoms with Crippen LogP contribution in [0.25, 0.3) is 0 Å². The molecule has 0 fully saturated rings. The van der Waals surface area contributed by atoms with Gasteiger partial charge in [-0.2, -0.15) is 0 Å². The number of hydrogen-bond acceptors (Lipinski definition) is 2. The fraction of sp³-hybridized carbons (Fsp3) is 0.429. The highest BCUT2D eigenvalue weighted by molar-refractivity contribution is 7.99. The van der Waals surface area contributed by atoms with Crippen LogP contribution in [0.15, 0.2) is 24.3 Å². The van der Waals surface area contributed by atoms with E-state index in [0.717, 1.165) is 18.1 Å². The zero-order valence-corrected chi connectivity index (χ0v) is 10.2. The molecule has 0 saturated heterocycles. The van der Waals surface area contributed by atoms with Crippen molar-refractivity contribution in [3.05, 3.63) is 35.4 Å². The fourth-order valence-electron chi connectivity index (χ4n) is 2.17. The molecule has 2 rings (SSSR count). The number of terminal acetylenes is 1. The molecule has 1 nitrogen and oxygen atoms in total. The van der Waals surface area contributed by atoms with Gasteiger partial charge in [0.25, 0.3) is 0 Å². The third-order valence-corrected chi connectivity index (χ3v) is 3.78. The molecule has 0 aliphatic heterocycles. The Hall–Kier alpha value is -0.910. The highest BCUT2D eigenvalue weighted by Crippen LogP contribution is 2.21. The normalized spacial score (nSPS) is 14.7. The Morgan fingerprint density at radius 1 is 1.31 bits per heavy atom. The molecule has 0 atom stereocenters. The molecule has 0 bridgehead atoms. The van der Waals surface area contributed by atoms with E-state index in [9.17, 15) is 0 Å². The Morgan fingerprint density at radius 2 is 2.00 bits per heavy atom. The molecule has 2 heteroatoms. The maximum Gasteiger partial charge on any atom is 0.0545 e. The van der Waals surface area contributed by atoms with Gasteiger partial charge in [-0.3, -0.25) is 0 Å². The summed E-state index contributed by atoms with van der Waals surface area (Å²) in [5.41, 5.74) is 3.02. The zero-order chi connectivity index (χ0) is 11.2. The standard InChI is InChI=1S/C14H17NS/c1-2-8-16-9-7-15-14-10-12-5-3-4-6-13(12)11-14/h1,3-6,14-15H,7-11H2. The Morgan fingerprint density at radius 3 is 2.62 bits per heavy atom. The van der Waals surface area contributed by atoms with Crippen molar-refractivity contribution in [1.82, 2.24) is 5.32 Å². The van der Waals surface area contributed by atoms with Gasteiger partial charge in [0.15, 0.2) is 0 Å². The Labute approximate surface area is 102 Å². The van der Waals surface area contributed by atoms with Crippen LogP contribution >= 0.6 is 11.8 Å². The first-order valence-electron chi connectivity index (χ1n) is 5.71. The van der Waals surface area contributed by atoms with E-state index in [4.69, 9.17) is 6.42 Å². The molecule has 0 spiro atoms. The van der Waals surface area contributed by atoms with Gasteiger partial charge in [0.2, 0.25) is 0 Å². The third-order valence-electron chi connectivity index (χ3n) is 2.92. The van der Waals surface area contributed by atoms with Crippen LogP contribution in [0.5, 0.6) is 0 Å². The molecule has 1 aromatic carbocycles. The quantitative estimate of drug-likeness (QED) is 0.615. The van der Waals surface area contributed by atoms with Gasteiger partial charge in [0.05, 0.1) is 5.75 Å². The van der Waals surface area contributed by atoms with Crippen molar-refractivity contribution in [2.45, 2.75) is 18.9 Å². The van der Waals surface area contributed by atoms with Crippen molar-refractivity contribution in [2.75, 3.05) is 18.1 Å². The summed E-state index contributed by atoms with van der Waals surface area (Å²) < 4.78 is 0. The maximum atomic E-state index is 5.20. The van der Waals surface area contributed by atoms with Gasteiger partial charge in [0, 0.05) is 18.3 Å². The Balaban J connectivity index is 1.70. The van der Waals surface area contributed by atoms with Gasteiger partial charge in [0.1, 0.15) is 0 Å². The van der Waals surface area contributed by atoms with Crippen LogP contribution in [-0.2, 0) is 12.8 Å². The Bertz CT molecular complexity index is 356. The predicted molar refractivity (Wildman–Crippen MR) is 71.8 cm³/mol. The number of benzene rings is 1. The molecule has 16 heavy (non-hydrogen) atoms. The molecular formula is C14H17NS. The molecule has 1 aromatic rings. The van der Waals surface area contributed by atoms with Gasteiger partial charge < -0.3 is 5.32 Å². The van der Waals surface area contributed by atoms with Crippen LogP contribution in [0.2, 0.25) is 0 Å². The molecule has 1 N–H and O–H groups in total. The average Bonchev–Trinajstić information content (AvgIpc) is 2.71. The number of thioether (sulfide) groups is 1. The summed E-state index contributed by atoms with van der Waals surface area (Å²) in [6, 6.07) is 9.37. The molecule has 0 unspecified atom stereocenters. The summed E-state index contributed by atoms with van der Waals surface area (Å²) in [5.74, 6) is 4.58. The first-order valence-corrected chi connectivity index (χ1v) is 6.87. The monoisotopic (exact) mass is 231 g/mol. The molecule has 84 valence electrons. The van der Waals surface area contributed by atoms with E-state index >= 15 is 0 Å². The summed E-state index contributed by atoms with van der Waals surface area (Å²) >= 11 is 1.82. The van der Waals surface area contributed by atoms with Crippen molar-refractivity contribution in [3.8, 4) is 12.3 Å². The first-order chi connectivity index (χ1) is 7.90.